The van der Waals surface area contributed by atoms with Crippen molar-refractivity contribution < 1.29 is 24.2 Å². The number of carbonyl (C=O) groups excluding carboxylic acids is 2. The number of amides is 1. The van der Waals surface area contributed by atoms with E-state index < -0.39 is 17.8 Å². The fourth-order valence-corrected chi connectivity index (χ4v) is 3.12. The van der Waals surface area contributed by atoms with Crippen molar-refractivity contribution in [2.24, 2.45) is 5.10 Å². The Bertz CT molecular complexity index is 1060. The van der Waals surface area contributed by atoms with Crippen molar-refractivity contribution in [1.82, 2.24) is 0 Å². The summed E-state index contributed by atoms with van der Waals surface area (Å²) in [6.45, 7) is 3.96. The summed E-state index contributed by atoms with van der Waals surface area (Å²) in [7, 11) is 0. The maximum atomic E-state index is 13.1. The number of hydrogen-bond donors (Lipinski definition) is 2. The van der Waals surface area contributed by atoms with Gasteiger partial charge >= 0.3 is 11.9 Å². The summed E-state index contributed by atoms with van der Waals surface area (Å²) in [6, 6.07) is 13.5. The Balaban J connectivity index is 1.92. The number of aromatic carboxylic acids is 1. The Hall–Kier alpha value is -3.94. The standard InChI is InChI=1S/C23H23N3O5/c1-3-15-7-5-6-8-19(15)24-14-18-20(13-21(27)31-4-2)25-26(22(18)28)17-11-9-16(10-12-17)23(29)30/h5-12,14,24H,3-4,13H2,1-2H3,(H,29,30)/b18-14+. The van der Waals surface area contributed by atoms with Crippen molar-refractivity contribution in [2.45, 2.75) is 26.7 Å². The van der Waals surface area contributed by atoms with Gasteiger partial charge in [-0.05, 0) is 49.2 Å². The van der Waals surface area contributed by atoms with Gasteiger partial charge < -0.3 is 15.2 Å². The number of carboxylic acid groups (broad SMARTS) is 1. The van der Waals surface area contributed by atoms with Crippen LogP contribution in [0.25, 0.3) is 0 Å². The lowest BCUT2D eigenvalue weighted by atomic mass is 10.1. The van der Waals surface area contributed by atoms with Gasteiger partial charge in [0.15, 0.2) is 0 Å². The highest BCUT2D eigenvalue weighted by Gasteiger charge is 2.32. The summed E-state index contributed by atoms with van der Waals surface area (Å²) in [5.41, 5.74) is 2.93. The number of hydrogen-bond acceptors (Lipinski definition) is 6. The van der Waals surface area contributed by atoms with Crippen LogP contribution in [0.2, 0.25) is 0 Å². The van der Waals surface area contributed by atoms with Crippen LogP contribution in [0.15, 0.2) is 65.4 Å². The molecular weight excluding hydrogens is 398 g/mol. The predicted octanol–water partition coefficient (Wildman–Crippen LogP) is 3.60. The fraction of sp³-hybridized carbons (Fsp3) is 0.217. The number of nitrogens with one attached hydrogen (secondary N) is 1. The molecule has 1 heterocycles. The van der Waals surface area contributed by atoms with E-state index in [-0.39, 0.29) is 29.9 Å². The molecule has 0 saturated heterocycles. The largest absolute Gasteiger partial charge is 0.478 e. The molecule has 0 fully saturated rings. The molecule has 2 aromatic carbocycles. The third-order valence-corrected chi connectivity index (χ3v) is 4.70. The van der Waals surface area contributed by atoms with Crippen molar-refractivity contribution in [1.29, 1.82) is 0 Å². The maximum absolute atomic E-state index is 13.1. The minimum absolute atomic E-state index is 0.0970. The van der Waals surface area contributed by atoms with Gasteiger partial charge in [0.05, 0.1) is 35.6 Å². The molecule has 2 N–H and O–H groups in total. The monoisotopic (exact) mass is 421 g/mol. The summed E-state index contributed by atoms with van der Waals surface area (Å²) < 4.78 is 5.01. The number of para-hydroxylation sites is 1. The molecule has 8 heteroatoms. The molecule has 0 saturated carbocycles. The van der Waals surface area contributed by atoms with Crippen LogP contribution < -0.4 is 10.3 Å². The van der Waals surface area contributed by atoms with Gasteiger partial charge in [0.1, 0.15) is 0 Å². The molecule has 0 radical (unpaired) electrons. The SMILES string of the molecule is CCOC(=O)CC1=NN(c2ccc(C(=O)O)cc2)C(=O)/C1=C/Nc1ccccc1CC. The summed E-state index contributed by atoms with van der Waals surface area (Å²) in [5.74, 6) is -1.98. The van der Waals surface area contributed by atoms with Gasteiger partial charge in [0.2, 0.25) is 0 Å². The molecule has 0 aromatic heterocycles. The first-order chi connectivity index (χ1) is 14.9. The fourth-order valence-electron chi connectivity index (χ4n) is 3.12. The number of nitrogens with zero attached hydrogens (tertiary/aromatic N) is 2. The smallest absolute Gasteiger partial charge is 0.335 e. The third kappa shape index (κ3) is 4.98. The Morgan fingerprint density at radius 2 is 1.84 bits per heavy atom. The molecule has 1 aliphatic rings. The number of rotatable bonds is 8. The molecule has 160 valence electrons. The van der Waals surface area contributed by atoms with E-state index in [4.69, 9.17) is 9.84 Å². The molecule has 0 aliphatic carbocycles. The van der Waals surface area contributed by atoms with Gasteiger partial charge in [0, 0.05) is 11.9 Å². The molecule has 1 aliphatic heterocycles. The number of benzene rings is 2. The van der Waals surface area contributed by atoms with Gasteiger partial charge in [-0.1, -0.05) is 25.1 Å². The summed E-state index contributed by atoms with van der Waals surface area (Å²) >= 11 is 0. The average molecular weight is 421 g/mol. The van der Waals surface area contributed by atoms with Crippen LogP contribution >= 0.6 is 0 Å². The van der Waals surface area contributed by atoms with E-state index in [9.17, 15) is 14.4 Å². The van der Waals surface area contributed by atoms with E-state index in [1.54, 1.807) is 13.1 Å². The van der Waals surface area contributed by atoms with Crippen LogP contribution in [0.5, 0.6) is 0 Å². The molecule has 1 amide bonds. The average Bonchev–Trinajstić information content (AvgIpc) is 3.07. The normalized spacial score (nSPS) is 14.5. The highest BCUT2D eigenvalue weighted by molar-refractivity contribution is 6.32. The topological polar surface area (TPSA) is 108 Å². The first kappa shape index (κ1) is 21.8. The summed E-state index contributed by atoms with van der Waals surface area (Å²) in [6.07, 6.45) is 2.19. The van der Waals surface area contributed by atoms with Crippen LogP contribution in [0.1, 0.15) is 36.2 Å². The van der Waals surface area contributed by atoms with Crippen LogP contribution in [-0.2, 0) is 20.7 Å². The van der Waals surface area contributed by atoms with Crippen molar-refractivity contribution in [2.75, 3.05) is 16.9 Å². The summed E-state index contributed by atoms with van der Waals surface area (Å²) in [5, 5.41) is 17.7. The zero-order valence-electron chi connectivity index (χ0n) is 17.3. The first-order valence-electron chi connectivity index (χ1n) is 9.90. The second-order valence-electron chi connectivity index (χ2n) is 6.71. The third-order valence-electron chi connectivity index (χ3n) is 4.70. The molecule has 31 heavy (non-hydrogen) atoms. The predicted molar refractivity (Wildman–Crippen MR) is 117 cm³/mol. The second-order valence-corrected chi connectivity index (χ2v) is 6.71. The summed E-state index contributed by atoms with van der Waals surface area (Å²) in [4.78, 5) is 36.2. The maximum Gasteiger partial charge on any atom is 0.335 e. The highest BCUT2D eigenvalue weighted by Crippen LogP contribution is 2.26. The van der Waals surface area contributed by atoms with Crippen molar-refractivity contribution >= 4 is 34.9 Å². The van der Waals surface area contributed by atoms with Crippen molar-refractivity contribution in [3.05, 3.63) is 71.4 Å². The molecular formula is C23H23N3O5. The van der Waals surface area contributed by atoms with E-state index in [2.05, 4.69) is 10.4 Å². The van der Waals surface area contributed by atoms with E-state index >= 15 is 0 Å². The minimum atomic E-state index is -1.06. The molecule has 2 aromatic rings. The molecule has 8 nitrogen and oxygen atoms in total. The number of carbonyl (C=O) groups is 3. The lowest BCUT2D eigenvalue weighted by Gasteiger charge is -2.12. The Morgan fingerprint density at radius 1 is 1.13 bits per heavy atom. The quantitative estimate of drug-likeness (QED) is 0.498. The number of esters is 1. The Morgan fingerprint density at radius 3 is 2.48 bits per heavy atom. The van der Waals surface area contributed by atoms with Crippen LogP contribution in [0, 0.1) is 0 Å². The number of ether oxygens (including phenoxy) is 1. The van der Waals surface area contributed by atoms with Gasteiger partial charge in [-0.25, -0.2) is 4.79 Å². The number of anilines is 2. The molecule has 0 bridgehead atoms. The van der Waals surface area contributed by atoms with Gasteiger partial charge in [-0.3, -0.25) is 9.59 Å². The van der Waals surface area contributed by atoms with Crippen molar-refractivity contribution in [3.63, 3.8) is 0 Å². The molecule has 0 spiro atoms. The van der Waals surface area contributed by atoms with Crippen LogP contribution in [0.3, 0.4) is 0 Å². The molecule has 0 atom stereocenters. The number of carboxylic acids is 1. The zero-order valence-corrected chi connectivity index (χ0v) is 17.3. The first-order valence-corrected chi connectivity index (χ1v) is 9.90. The zero-order chi connectivity index (χ0) is 22.4. The van der Waals surface area contributed by atoms with Gasteiger partial charge in [-0.2, -0.15) is 10.1 Å². The lowest BCUT2D eigenvalue weighted by molar-refractivity contribution is -0.141. The van der Waals surface area contributed by atoms with E-state index in [0.717, 1.165) is 22.7 Å². The van der Waals surface area contributed by atoms with Crippen LogP contribution in [0.4, 0.5) is 11.4 Å². The Kier molecular flexibility index (Phi) is 6.81. The van der Waals surface area contributed by atoms with E-state index in [0.29, 0.717) is 5.69 Å². The number of hydrazone groups is 1. The van der Waals surface area contributed by atoms with Crippen LogP contribution in [-0.4, -0.2) is 35.3 Å². The molecule has 3 rings (SSSR count). The van der Waals surface area contributed by atoms with Gasteiger partial charge in [-0.15, -0.1) is 0 Å². The van der Waals surface area contributed by atoms with E-state index in [1.807, 2.05) is 31.2 Å². The lowest BCUT2D eigenvalue weighted by Crippen LogP contribution is -2.22. The Labute approximate surface area is 179 Å². The minimum Gasteiger partial charge on any atom is -0.478 e. The van der Waals surface area contributed by atoms with Gasteiger partial charge in [0.25, 0.3) is 5.91 Å². The second kappa shape index (κ2) is 9.71. The highest BCUT2D eigenvalue weighted by atomic mass is 16.5. The molecule has 0 unspecified atom stereocenters. The van der Waals surface area contributed by atoms with E-state index in [1.165, 1.54) is 24.3 Å². The van der Waals surface area contributed by atoms with Crippen molar-refractivity contribution in [3.8, 4) is 0 Å². The number of aryl methyl sites for hydroxylation is 1.